The molecule has 29 heavy (non-hydrogen) atoms. The summed E-state index contributed by atoms with van der Waals surface area (Å²) in [5.41, 5.74) is -0.517. The Morgan fingerprint density at radius 3 is 2.52 bits per heavy atom. The van der Waals surface area contributed by atoms with Gasteiger partial charge in [0.25, 0.3) is 5.91 Å². The molecule has 0 aromatic heterocycles. The van der Waals surface area contributed by atoms with Crippen molar-refractivity contribution >= 4 is 17.7 Å². The lowest BCUT2D eigenvalue weighted by Crippen LogP contribution is -2.42. The molecular weight excluding hydrogens is 372 g/mol. The second-order valence-corrected chi connectivity index (χ2v) is 6.54. The fraction of sp³-hybridized carbons (Fsp3) is 0.318. The fourth-order valence-electron chi connectivity index (χ4n) is 3.22. The summed E-state index contributed by atoms with van der Waals surface area (Å²) < 4.78 is 10.6. The van der Waals surface area contributed by atoms with Crippen molar-refractivity contribution in [2.24, 2.45) is 0 Å². The van der Waals surface area contributed by atoms with Gasteiger partial charge >= 0.3 is 6.03 Å². The molecule has 0 N–H and O–H groups in total. The number of ketones is 1. The number of Topliss-reactive ketones (excluding diaryl/α,β-unsaturated/α-hetero) is 1. The van der Waals surface area contributed by atoms with Crippen LogP contribution in [0.3, 0.4) is 0 Å². The van der Waals surface area contributed by atoms with Crippen molar-refractivity contribution in [3.05, 3.63) is 47.6 Å². The lowest BCUT2D eigenvalue weighted by Gasteiger charge is -2.30. The Balaban J connectivity index is 2.42. The molecule has 0 bridgehead atoms. The molecule has 7 nitrogen and oxygen atoms in total. The molecule has 1 unspecified atom stereocenters. The predicted octanol–water partition coefficient (Wildman–Crippen LogP) is 2.52. The van der Waals surface area contributed by atoms with Crippen LogP contribution in [0.25, 0.3) is 0 Å². The van der Waals surface area contributed by atoms with Crippen molar-refractivity contribution in [2.75, 3.05) is 27.8 Å². The molecule has 3 amide bonds. The number of benzene rings is 1. The van der Waals surface area contributed by atoms with E-state index in [-0.39, 0.29) is 12.3 Å². The molecule has 1 fully saturated rings. The largest absolute Gasteiger partial charge is 0.497 e. The van der Waals surface area contributed by atoms with Crippen molar-refractivity contribution in [3.63, 3.8) is 0 Å². The summed E-state index contributed by atoms with van der Waals surface area (Å²) in [6.07, 6.45) is 9.63. The lowest BCUT2D eigenvalue weighted by atomic mass is 9.89. The van der Waals surface area contributed by atoms with E-state index in [0.717, 1.165) is 4.90 Å². The third kappa shape index (κ3) is 3.74. The van der Waals surface area contributed by atoms with Gasteiger partial charge in [0.1, 0.15) is 17.0 Å². The number of carbonyl (C=O) groups excluding carboxylic acids is 3. The summed E-state index contributed by atoms with van der Waals surface area (Å²) in [5, 5.41) is 0. The zero-order valence-corrected chi connectivity index (χ0v) is 17.2. The van der Waals surface area contributed by atoms with E-state index in [0.29, 0.717) is 22.6 Å². The van der Waals surface area contributed by atoms with Gasteiger partial charge in [0.2, 0.25) is 0 Å². The van der Waals surface area contributed by atoms with E-state index >= 15 is 0 Å². The predicted molar refractivity (Wildman–Crippen MR) is 109 cm³/mol. The molecule has 0 radical (unpaired) electrons. The average molecular weight is 396 g/mol. The molecule has 0 spiro atoms. The molecular formula is C22H24N2O5. The monoisotopic (exact) mass is 396 g/mol. The fourth-order valence-corrected chi connectivity index (χ4v) is 3.22. The maximum Gasteiger partial charge on any atom is 0.328 e. The normalized spacial score (nSPS) is 19.7. The number of carbonyl (C=O) groups is 3. The number of likely N-dealkylation sites (N-methyl/N-ethyl adjacent to an activating group) is 1. The van der Waals surface area contributed by atoms with Crippen LogP contribution in [0.2, 0.25) is 0 Å². The van der Waals surface area contributed by atoms with E-state index in [4.69, 9.17) is 15.9 Å². The Labute approximate surface area is 170 Å². The van der Waals surface area contributed by atoms with Crippen LogP contribution < -0.4 is 9.47 Å². The molecule has 1 saturated heterocycles. The Morgan fingerprint density at radius 2 is 1.97 bits per heavy atom. The van der Waals surface area contributed by atoms with Gasteiger partial charge in [0, 0.05) is 24.3 Å². The van der Waals surface area contributed by atoms with Gasteiger partial charge in [-0.3, -0.25) is 14.5 Å². The van der Waals surface area contributed by atoms with Gasteiger partial charge in [-0.05, 0) is 38.1 Å². The number of hydrogen-bond acceptors (Lipinski definition) is 5. The minimum absolute atomic E-state index is 0.321. The molecule has 2 rings (SSSR count). The first-order chi connectivity index (χ1) is 13.8. The number of ether oxygens (including phenoxy) is 2. The van der Waals surface area contributed by atoms with Gasteiger partial charge in [-0.2, -0.15) is 0 Å². The number of urea groups is 1. The van der Waals surface area contributed by atoms with Crippen LogP contribution in [0, 0.1) is 12.3 Å². The van der Waals surface area contributed by atoms with E-state index in [9.17, 15) is 14.4 Å². The molecule has 1 heterocycles. The van der Waals surface area contributed by atoms with Crippen LogP contribution in [0.4, 0.5) is 4.79 Å². The van der Waals surface area contributed by atoms with Gasteiger partial charge in [-0.15, -0.1) is 6.42 Å². The Bertz CT molecular complexity index is 941. The molecule has 152 valence electrons. The highest BCUT2D eigenvalue weighted by Gasteiger charge is 2.55. The summed E-state index contributed by atoms with van der Waals surface area (Å²) in [6.45, 7) is 2.92. The van der Waals surface area contributed by atoms with Crippen LogP contribution in [-0.4, -0.2) is 55.3 Å². The molecule has 1 aromatic rings. The van der Waals surface area contributed by atoms with E-state index in [1.54, 1.807) is 38.1 Å². The first-order valence-corrected chi connectivity index (χ1v) is 8.90. The molecule has 0 aliphatic carbocycles. The van der Waals surface area contributed by atoms with Crippen LogP contribution in [-0.2, 0) is 15.1 Å². The highest BCUT2D eigenvalue weighted by Crippen LogP contribution is 2.41. The molecule has 1 aromatic carbocycles. The van der Waals surface area contributed by atoms with Gasteiger partial charge in [-0.1, -0.05) is 12.0 Å². The molecule has 1 atom stereocenters. The standard InChI is InChI=1S/C22H24N2O5/c1-7-9-10-15(8-2)18(25)14-24-20(26)22(3,23(4)21(24)27)17-12-11-16(28-5)13-19(17)29-6/h1,8-13H,14H2,2-6H3/b10-9-,15-8+. The highest BCUT2D eigenvalue weighted by atomic mass is 16.5. The number of amides is 3. The highest BCUT2D eigenvalue weighted by molar-refractivity contribution is 6.11. The van der Waals surface area contributed by atoms with Crippen molar-refractivity contribution in [3.8, 4) is 23.8 Å². The zero-order valence-electron chi connectivity index (χ0n) is 17.2. The van der Waals surface area contributed by atoms with Crippen LogP contribution in [0.15, 0.2) is 42.0 Å². The second-order valence-electron chi connectivity index (χ2n) is 6.54. The maximum atomic E-state index is 13.3. The van der Waals surface area contributed by atoms with Gasteiger partial charge < -0.3 is 14.4 Å². The van der Waals surface area contributed by atoms with Crippen LogP contribution >= 0.6 is 0 Å². The Hall–Kier alpha value is -3.53. The minimum atomic E-state index is -1.33. The number of terminal acetylenes is 1. The first-order valence-electron chi connectivity index (χ1n) is 8.90. The summed E-state index contributed by atoms with van der Waals surface area (Å²) >= 11 is 0. The van der Waals surface area contributed by atoms with Crippen molar-refractivity contribution < 1.29 is 23.9 Å². The topological polar surface area (TPSA) is 76.2 Å². The van der Waals surface area contributed by atoms with Crippen LogP contribution in [0.5, 0.6) is 11.5 Å². The molecule has 1 aliphatic heterocycles. The number of imide groups is 1. The number of allylic oxidation sites excluding steroid dienone is 3. The number of rotatable bonds is 7. The molecule has 7 heteroatoms. The van der Waals surface area contributed by atoms with Crippen molar-refractivity contribution in [2.45, 2.75) is 19.4 Å². The number of hydrogen-bond donors (Lipinski definition) is 0. The third-order valence-corrected chi connectivity index (χ3v) is 5.08. The summed E-state index contributed by atoms with van der Waals surface area (Å²) in [5.74, 6) is 2.36. The number of nitrogens with zero attached hydrogens (tertiary/aromatic N) is 2. The third-order valence-electron chi connectivity index (χ3n) is 5.08. The van der Waals surface area contributed by atoms with Crippen LogP contribution in [0.1, 0.15) is 19.4 Å². The van der Waals surface area contributed by atoms with E-state index < -0.39 is 17.5 Å². The second kappa shape index (κ2) is 8.65. The minimum Gasteiger partial charge on any atom is -0.497 e. The average Bonchev–Trinajstić information content (AvgIpc) is 2.89. The smallest absolute Gasteiger partial charge is 0.328 e. The summed E-state index contributed by atoms with van der Waals surface area (Å²) in [6, 6.07) is 4.44. The Kier molecular flexibility index (Phi) is 6.49. The lowest BCUT2D eigenvalue weighted by molar-refractivity contribution is -0.134. The van der Waals surface area contributed by atoms with Gasteiger partial charge in [0.05, 0.1) is 20.8 Å². The quantitative estimate of drug-likeness (QED) is 0.306. The summed E-state index contributed by atoms with van der Waals surface area (Å²) in [7, 11) is 4.51. The maximum absolute atomic E-state index is 13.3. The van der Waals surface area contributed by atoms with E-state index in [2.05, 4.69) is 5.92 Å². The number of methoxy groups -OCH3 is 2. The van der Waals surface area contributed by atoms with Crippen molar-refractivity contribution in [1.82, 2.24) is 9.80 Å². The summed E-state index contributed by atoms with van der Waals surface area (Å²) in [4.78, 5) is 41.0. The Morgan fingerprint density at radius 1 is 1.28 bits per heavy atom. The van der Waals surface area contributed by atoms with E-state index in [1.807, 2.05) is 0 Å². The van der Waals surface area contributed by atoms with Gasteiger partial charge in [-0.25, -0.2) is 4.79 Å². The zero-order chi connectivity index (χ0) is 21.8. The van der Waals surface area contributed by atoms with E-state index in [1.165, 1.54) is 38.3 Å². The first kappa shape index (κ1) is 21.8. The van der Waals surface area contributed by atoms with Crippen molar-refractivity contribution in [1.29, 1.82) is 0 Å². The SMILES string of the molecule is C#C/C=C\C(=C/C)C(=O)CN1C(=O)N(C)C(C)(c2ccc(OC)cc2OC)C1=O. The molecule has 0 saturated carbocycles. The van der Waals surface area contributed by atoms with Gasteiger partial charge in [0.15, 0.2) is 5.78 Å². The molecule has 1 aliphatic rings.